The number of aliphatic carboxylic acids is 1. The summed E-state index contributed by atoms with van der Waals surface area (Å²) in [6.07, 6.45) is 0.521. The van der Waals surface area contributed by atoms with Gasteiger partial charge in [-0.3, -0.25) is 4.79 Å². The van der Waals surface area contributed by atoms with Gasteiger partial charge in [0, 0.05) is 19.6 Å². The molecule has 0 amide bonds. The summed E-state index contributed by atoms with van der Waals surface area (Å²) in [4.78, 5) is 10.7. The highest BCUT2D eigenvalue weighted by Gasteiger charge is 2.16. The molecule has 0 radical (unpaired) electrons. The molecular weight excluding hydrogens is 168 g/mol. The molecule has 4 heteroatoms. The van der Waals surface area contributed by atoms with Gasteiger partial charge in [0.15, 0.2) is 0 Å². The fourth-order valence-corrected chi connectivity index (χ4v) is 1.05. The van der Waals surface area contributed by atoms with Crippen molar-refractivity contribution in [2.45, 2.75) is 13.3 Å². The number of rotatable bonds is 7. The van der Waals surface area contributed by atoms with E-state index in [0.717, 1.165) is 5.57 Å². The minimum atomic E-state index is -0.785. The zero-order valence-electron chi connectivity index (χ0n) is 8.05. The number of nitrogens with one attached hydrogen (secondary N) is 1. The van der Waals surface area contributed by atoms with Crippen LogP contribution < -0.4 is 11.1 Å². The smallest absolute Gasteiger partial charge is 0.308 e. The molecule has 0 saturated heterocycles. The average Bonchev–Trinajstić information content (AvgIpc) is 2.02. The highest BCUT2D eigenvalue weighted by atomic mass is 16.4. The minimum Gasteiger partial charge on any atom is -0.481 e. The van der Waals surface area contributed by atoms with E-state index < -0.39 is 5.97 Å². The Labute approximate surface area is 78.8 Å². The molecule has 76 valence electrons. The maximum absolute atomic E-state index is 10.7. The molecule has 0 bridgehead atoms. The van der Waals surface area contributed by atoms with Gasteiger partial charge in [0.25, 0.3) is 0 Å². The summed E-state index contributed by atoms with van der Waals surface area (Å²) >= 11 is 0. The van der Waals surface area contributed by atoms with Crippen LogP contribution in [0.25, 0.3) is 0 Å². The summed E-state index contributed by atoms with van der Waals surface area (Å²) in [5, 5.41) is 11.8. The standard InChI is InChI=1S/C9H18N2O2/c1-7(2)5-8(9(12)13)6-11-4-3-10/h8,11H,1,3-6,10H2,2H3,(H,12,13). The van der Waals surface area contributed by atoms with Crippen molar-refractivity contribution in [3.8, 4) is 0 Å². The van der Waals surface area contributed by atoms with E-state index >= 15 is 0 Å². The molecule has 0 aromatic carbocycles. The molecule has 4 N–H and O–H groups in total. The molecule has 1 atom stereocenters. The van der Waals surface area contributed by atoms with Crippen molar-refractivity contribution in [1.29, 1.82) is 0 Å². The van der Waals surface area contributed by atoms with Crippen LogP contribution in [0, 0.1) is 5.92 Å². The number of nitrogens with two attached hydrogens (primary N) is 1. The fourth-order valence-electron chi connectivity index (χ4n) is 1.05. The van der Waals surface area contributed by atoms with E-state index in [1.807, 2.05) is 6.92 Å². The Kier molecular flexibility index (Phi) is 6.18. The van der Waals surface area contributed by atoms with Crippen molar-refractivity contribution < 1.29 is 9.90 Å². The van der Waals surface area contributed by atoms with Crippen LogP contribution in [0.5, 0.6) is 0 Å². The molecule has 13 heavy (non-hydrogen) atoms. The van der Waals surface area contributed by atoms with Crippen LogP contribution in [-0.4, -0.2) is 30.7 Å². The molecule has 0 fully saturated rings. The van der Waals surface area contributed by atoms with Gasteiger partial charge in [-0.2, -0.15) is 0 Å². The van der Waals surface area contributed by atoms with Crippen LogP contribution in [-0.2, 0) is 4.79 Å². The zero-order valence-corrected chi connectivity index (χ0v) is 8.05. The van der Waals surface area contributed by atoms with Crippen molar-refractivity contribution in [3.05, 3.63) is 12.2 Å². The van der Waals surface area contributed by atoms with E-state index in [1.54, 1.807) is 0 Å². The molecule has 0 aliphatic heterocycles. The lowest BCUT2D eigenvalue weighted by Gasteiger charge is -2.12. The number of hydrogen-bond donors (Lipinski definition) is 3. The molecule has 1 unspecified atom stereocenters. The molecule has 0 rings (SSSR count). The molecule has 0 aliphatic rings. The Balaban J connectivity index is 3.81. The second-order valence-electron chi connectivity index (χ2n) is 3.19. The molecule has 0 heterocycles. The lowest BCUT2D eigenvalue weighted by Crippen LogP contribution is -2.31. The second kappa shape index (κ2) is 6.62. The average molecular weight is 186 g/mol. The molecule has 4 nitrogen and oxygen atoms in total. The SMILES string of the molecule is C=C(C)CC(CNCCN)C(=O)O. The van der Waals surface area contributed by atoms with Gasteiger partial charge in [0.2, 0.25) is 0 Å². The Hall–Kier alpha value is -0.870. The quantitative estimate of drug-likeness (QED) is 0.392. The van der Waals surface area contributed by atoms with Crippen molar-refractivity contribution in [1.82, 2.24) is 5.32 Å². The highest BCUT2D eigenvalue weighted by molar-refractivity contribution is 5.70. The lowest BCUT2D eigenvalue weighted by molar-refractivity contribution is -0.141. The fraction of sp³-hybridized carbons (Fsp3) is 0.667. The summed E-state index contributed by atoms with van der Waals surface area (Å²) in [5.74, 6) is -1.17. The van der Waals surface area contributed by atoms with E-state index in [9.17, 15) is 4.79 Å². The summed E-state index contributed by atoms with van der Waals surface area (Å²) in [7, 11) is 0. The van der Waals surface area contributed by atoms with Crippen LogP contribution >= 0.6 is 0 Å². The monoisotopic (exact) mass is 186 g/mol. The number of carboxylic acids is 1. The third kappa shape index (κ3) is 6.31. The first-order chi connectivity index (χ1) is 6.07. The van der Waals surface area contributed by atoms with E-state index in [2.05, 4.69) is 11.9 Å². The van der Waals surface area contributed by atoms with Crippen LogP contribution in [0.3, 0.4) is 0 Å². The Morgan fingerprint density at radius 2 is 2.31 bits per heavy atom. The first kappa shape index (κ1) is 12.1. The van der Waals surface area contributed by atoms with Gasteiger partial charge in [-0.25, -0.2) is 0 Å². The first-order valence-electron chi connectivity index (χ1n) is 4.36. The number of allylic oxidation sites excluding steroid dienone is 1. The van der Waals surface area contributed by atoms with E-state index in [1.165, 1.54) is 0 Å². The lowest BCUT2D eigenvalue weighted by atomic mass is 10.0. The minimum absolute atomic E-state index is 0.385. The van der Waals surface area contributed by atoms with Gasteiger partial charge >= 0.3 is 5.97 Å². The number of carbonyl (C=O) groups is 1. The molecule has 0 aromatic heterocycles. The van der Waals surface area contributed by atoms with Gasteiger partial charge < -0.3 is 16.2 Å². The normalized spacial score (nSPS) is 12.5. The van der Waals surface area contributed by atoms with Crippen LogP contribution in [0.2, 0.25) is 0 Å². The molecule has 0 spiro atoms. The third-order valence-corrected chi connectivity index (χ3v) is 1.66. The molecule has 0 saturated carbocycles. The van der Waals surface area contributed by atoms with E-state index in [0.29, 0.717) is 26.1 Å². The number of carboxylic acid groups (broad SMARTS) is 1. The largest absolute Gasteiger partial charge is 0.481 e. The first-order valence-corrected chi connectivity index (χ1v) is 4.36. The van der Waals surface area contributed by atoms with Gasteiger partial charge in [-0.1, -0.05) is 5.57 Å². The summed E-state index contributed by atoms with van der Waals surface area (Å²) in [5.41, 5.74) is 6.16. The van der Waals surface area contributed by atoms with Crippen LogP contribution in [0.15, 0.2) is 12.2 Å². The van der Waals surface area contributed by atoms with Crippen molar-refractivity contribution in [3.63, 3.8) is 0 Å². The number of hydrogen-bond acceptors (Lipinski definition) is 3. The Morgan fingerprint density at radius 3 is 2.69 bits per heavy atom. The van der Waals surface area contributed by atoms with Gasteiger partial charge in [0.1, 0.15) is 0 Å². The van der Waals surface area contributed by atoms with E-state index in [-0.39, 0.29) is 5.92 Å². The Morgan fingerprint density at radius 1 is 1.69 bits per heavy atom. The van der Waals surface area contributed by atoms with Crippen LogP contribution in [0.1, 0.15) is 13.3 Å². The van der Waals surface area contributed by atoms with Crippen LogP contribution in [0.4, 0.5) is 0 Å². The second-order valence-corrected chi connectivity index (χ2v) is 3.19. The molecule has 0 aliphatic carbocycles. The maximum Gasteiger partial charge on any atom is 0.308 e. The van der Waals surface area contributed by atoms with Gasteiger partial charge in [-0.05, 0) is 13.3 Å². The van der Waals surface area contributed by atoms with Crippen molar-refractivity contribution >= 4 is 5.97 Å². The van der Waals surface area contributed by atoms with Gasteiger partial charge in [-0.15, -0.1) is 6.58 Å². The van der Waals surface area contributed by atoms with Crippen molar-refractivity contribution in [2.24, 2.45) is 11.7 Å². The Bertz CT molecular complexity index is 180. The maximum atomic E-state index is 10.7. The predicted octanol–water partition coefficient (Wildman–Crippen LogP) is 0.202. The highest BCUT2D eigenvalue weighted by Crippen LogP contribution is 2.08. The molecular formula is C9H18N2O2. The van der Waals surface area contributed by atoms with Gasteiger partial charge in [0.05, 0.1) is 5.92 Å². The summed E-state index contributed by atoms with van der Waals surface area (Å²) in [6, 6.07) is 0. The predicted molar refractivity (Wildman–Crippen MR) is 52.5 cm³/mol. The molecule has 0 aromatic rings. The topological polar surface area (TPSA) is 75.3 Å². The third-order valence-electron chi connectivity index (χ3n) is 1.66. The summed E-state index contributed by atoms with van der Waals surface area (Å²) < 4.78 is 0. The van der Waals surface area contributed by atoms with E-state index in [4.69, 9.17) is 10.8 Å². The zero-order chi connectivity index (χ0) is 10.3. The summed E-state index contributed by atoms with van der Waals surface area (Å²) in [6.45, 7) is 7.16. The van der Waals surface area contributed by atoms with Crippen molar-refractivity contribution in [2.75, 3.05) is 19.6 Å².